The second kappa shape index (κ2) is 8.11. The molecule has 0 bridgehead atoms. The van der Waals surface area contributed by atoms with Crippen molar-refractivity contribution in [1.29, 1.82) is 0 Å². The summed E-state index contributed by atoms with van der Waals surface area (Å²) in [6.07, 6.45) is 0.884. The number of halogens is 4. The number of hydrogen-bond donors (Lipinski definition) is 2. The molecule has 1 unspecified atom stereocenters. The minimum Gasteiger partial charge on any atom is -0.480 e. The molecule has 0 saturated carbocycles. The van der Waals surface area contributed by atoms with Crippen LogP contribution in [0.2, 0.25) is 0 Å². The number of carbonyl (C=O) groups excluding carboxylic acids is 1. The number of amides is 1. The highest BCUT2D eigenvalue weighted by Crippen LogP contribution is 2.18. The summed E-state index contributed by atoms with van der Waals surface area (Å²) in [6.45, 7) is 0. The number of benzene rings is 1. The first-order valence-electron chi connectivity index (χ1n) is 6.76. The number of aliphatic carboxylic acids is 1. The van der Waals surface area contributed by atoms with Gasteiger partial charge in [0.05, 0.1) is 0 Å². The third kappa shape index (κ3) is 4.45. The van der Waals surface area contributed by atoms with Gasteiger partial charge < -0.3 is 10.8 Å². The summed E-state index contributed by atoms with van der Waals surface area (Å²) < 4.78 is 39.5. The fourth-order valence-electron chi connectivity index (χ4n) is 2.25. The second-order valence-corrected chi connectivity index (χ2v) is 5.15. The van der Waals surface area contributed by atoms with Gasteiger partial charge in [-0.05, 0) is 18.1 Å². The summed E-state index contributed by atoms with van der Waals surface area (Å²) >= 11 is 0. The molecule has 1 aliphatic rings. The molecule has 6 nitrogen and oxygen atoms in total. The third-order valence-electron chi connectivity index (χ3n) is 3.38. The minimum absolute atomic E-state index is 0. The average Bonchev–Trinajstić information content (AvgIpc) is 2.94. The van der Waals surface area contributed by atoms with Crippen molar-refractivity contribution in [2.75, 3.05) is 0 Å². The zero-order valence-electron chi connectivity index (χ0n) is 12.3. The normalized spacial score (nSPS) is 17.5. The van der Waals surface area contributed by atoms with E-state index in [9.17, 15) is 22.8 Å². The lowest BCUT2D eigenvalue weighted by Gasteiger charge is -2.20. The monoisotopic (exact) mass is 365 g/mol. The molecule has 132 valence electrons. The Bertz CT molecular complexity index is 672. The molecule has 1 heterocycles. The fraction of sp³-hybridized carbons (Fsp3) is 0.357. The molecule has 0 fully saturated rings. The molecule has 0 radical (unpaired) electrons. The minimum atomic E-state index is -1.31. The average molecular weight is 366 g/mol. The van der Waals surface area contributed by atoms with Gasteiger partial charge in [-0.25, -0.2) is 23.0 Å². The van der Waals surface area contributed by atoms with E-state index in [1.54, 1.807) is 0 Å². The molecule has 1 aliphatic heterocycles. The number of hydrogen-bond acceptors (Lipinski definition) is 4. The van der Waals surface area contributed by atoms with Crippen molar-refractivity contribution >= 4 is 30.5 Å². The standard InChI is InChI=1S/C14H14F3N3O3.ClH/c15-9-6-11(17)10(16)4-7(9)3-8(18)5-13(21)20-12(14(22)23)1-2-19-20;/h2,4,6,8,12H,1,3,5,18H2,(H,22,23);1H/t8-,12?;/m1./s1. The Morgan fingerprint density at radius 1 is 1.29 bits per heavy atom. The van der Waals surface area contributed by atoms with Gasteiger partial charge >= 0.3 is 5.97 Å². The summed E-state index contributed by atoms with van der Waals surface area (Å²) in [5, 5.41) is 13.5. The van der Waals surface area contributed by atoms with Gasteiger partial charge in [0.25, 0.3) is 0 Å². The van der Waals surface area contributed by atoms with Crippen molar-refractivity contribution in [3.63, 3.8) is 0 Å². The smallest absolute Gasteiger partial charge is 0.329 e. The van der Waals surface area contributed by atoms with Crippen LogP contribution in [0.25, 0.3) is 0 Å². The van der Waals surface area contributed by atoms with Crippen molar-refractivity contribution in [2.24, 2.45) is 10.8 Å². The Morgan fingerprint density at radius 3 is 2.54 bits per heavy atom. The maximum Gasteiger partial charge on any atom is 0.329 e. The van der Waals surface area contributed by atoms with Gasteiger partial charge in [0.15, 0.2) is 17.7 Å². The Labute approximate surface area is 141 Å². The topological polar surface area (TPSA) is 96.0 Å². The Hall–Kier alpha value is -2.13. The zero-order valence-corrected chi connectivity index (χ0v) is 13.1. The van der Waals surface area contributed by atoms with Gasteiger partial charge in [-0.3, -0.25) is 4.79 Å². The summed E-state index contributed by atoms with van der Waals surface area (Å²) in [5.41, 5.74) is 5.56. The predicted molar refractivity (Wildman–Crippen MR) is 81.2 cm³/mol. The largest absolute Gasteiger partial charge is 0.480 e. The lowest BCUT2D eigenvalue weighted by molar-refractivity contribution is -0.149. The number of nitrogens with zero attached hydrogens (tertiary/aromatic N) is 2. The van der Waals surface area contributed by atoms with E-state index < -0.39 is 41.4 Å². The van der Waals surface area contributed by atoms with Crippen molar-refractivity contribution in [3.8, 4) is 0 Å². The van der Waals surface area contributed by atoms with E-state index in [1.165, 1.54) is 6.21 Å². The zero-order chi connectivity index (χ0) is 17.1. The number of rotatable bonds is 5. The maximum atomic E-state index is 13.5. The van der Waals surface area contributed by atoms with Crippen LogP contribution in [0.1, 0.15) is 18.4 Å². The lowest BCUT2D eigenvalue weighted by Crippen LogP contribution is -2.41. The summed E-state index contributed by atoms with van der Waals surface area (Å²) in [4.78, 5) is 23.0. The van der Waals surface area contributed by atoms with Crippen LogP contribution in [0.15, 0.2) is 17.2 Å². The van der Waals surface area contributed by atoms with Gasteiger partial charge in [0.1, 0.15) is 5.82 Å². The number of carbonyl (C=O) groups is 2. The third-order valence-corrected chi connectivity index (χ3v) is 3.38. The molecule has 3 N–H and O–H groups in total. The van der Waals surface area contributed by atoms with Crippen LogP contribution in [-0.2, 0) is 16.0 Å². The van der Waals surface area contributed by atoms with Crippen molar-refractivity contribution in [1.82, 2.24) is 5.01 Å². The van der Waals surface area contributed by atoms with Crippen LogP contribution in [0, 0.1) is 17.5 Å². The molecular formula is C14H15ClF3N3O3. The molecule has 1 amide bonds. The second-order valence-electron chi connectivity index (χ2n) is 5.15. The van der Waals surface area contributed by atoms with Gasteiger partial charge in [-0.2, -0.15) is 5.10 Å². The molecule has 2 rings (SSSR count). The van der Waals surface area contributed by atoms with Crippen molar-refractivity contribution in [3.05, 3.63) is 35.1 Å². The first kappa shape index (κ1) is 19.9. The summed E-state index contributed by atoms with van der Waals surface area (Å²) in [6, 6.07) is -0.894. The van der Waals surface area contributed by atoms with Crippen LogP contribution in [0.3, 0.4) is 0 Å². The molecule has 0 aliphatic carbocycles. The number of hydrazone groups is 1. The number of carboxylic acids is 1. The van der Waals surface area contributed by atoms with E-state index in [0.29, 0.717) is 12.1 Å². The Kier molecular flexibility index (Phi) is 6.73. The summed E-state index contributed by atoms with van der Waals surface area (Å²) in [5.74, 6) is -5.33. The lowest BCUT2D eigenvalue weighted by atomic mass is 10.0. The van der Waals surface area contributed by atoms with E-state index in [2.05, 4.69) is 5.10 Å². The summed E-state index contributed by atoms with van der Waals surface area (Å²) in [7, 11) is 0. The van der Waals surface area contributed by atoms with Crippen LogP contribution in [0.4, 0.5) is 13.2 Å². The highest BCUT2D eigenvalue weighted by atomic mass is 35.5. The van der Waals surface area contributed by atoms with Crippen molar-refractivity contribution in [2.45, 2.75) is 31.3 Å². The first-order chi connectivity index (χ1) is 10.8. The molecular weight excluding hydrogens is 351 g/mol. The molecule has 0 saturated heterocycles. The molecule has 1 aromatic carbocycles. The van der Waals surface area contributed by atoms with Crippen LogP contribution in [-0.4, -0.2) is 40.3 Å². The highest BCUT2D eigenvalue weighted by molar-refractivity contribution is 5.88. The van der Waals surface area contributed by atoms with Gasteiger partial charge in [-0.1, -0.05) is 0 Å². The van der Waals surface area contributed by atoms with Crippen LogP contribution < -0.4 is 5.73 Å². The fourth-order valence-corrected chi connectivity index (χ4v) is 2.25. The first-order valence-corrected chi connectivity index (χ1v) is 6.76. The molecule has 2 atom stereocenters. The number of nitrogens with two attached hydrogens (primary N) is 1. The Morgan fingerprint density at radius 2 is 1.92 bits per heavy atom. The quantitative estimate of drug-likeness (QED) is 0.772. The van der Waals surface area contributed by atoms with Crippen LogP contribution >= 0.6 is 12.4 Å². The van der Waals surface area contributed by atoms with E-state index in [4.69, 9.17) is 10.8 Å². The predicted octanol–water partition coefficient (Wildman–Crippen LogP) is 1.46. The highest BCUT2D eigenvalue weighted by Gasteiger charge is 2.33. The van der Waals surface area contributed by atoms with E-state index in [1.807, 2.05) is 0 Å². The number of carboxylic acid groups (broad SMARTS) is 1. The van der Waals surface area contributed by atoms with Gasteiger partial charge in [0, 0.05) is 31.2 Å². The molecule has 0 spiro atoms. The van der Waals surface area contributed by atoms with E-state index in [-0.39, 0.29) is 37.2 Å². The van der Waals surface area contributed by atoms with Gasteiger partial charge in [0.2, 0.25) is 5.91 Å². The molecule has 1 aromatic rings. The van der Waals surface area contributed by atoms with E-state index >= 15 is 0 Å². The molecule has 24 heavy (non-hydrogen) atoms. The molecule has 0 aromatic heterocycles. The van der Waals surface area contributed by atoms with Crippen molar-refractivity contribution < 1.29 is 27.9 Å². The SMILES string of the molecule is Cl.N[C@@H](CC(=O)N1N=CCC1C(=O)O)Cc1cc(F)c(F)cc1F. The maximum absolute atomic E-state index is 13.5. The van der Waals surface area contributed by atoms with E-state index in [0.717, 1.165) is 5.01 Å². The molecule has 10 heteroatoms. The van der Waals surface area contributed by atoms with Gasteiger partial charge in [-0.15, -0.1) is 12.4 Å². The Balaban J connectivity index is 0.00000288. The van der Waals surface area contributed by atoms with Crippen LogP contribution in [0.5, 0.6) is 0 Å².